The Labute approximate surface area is 143 Å². The maximum absolute atomic E-state index is 12.0. The second-order valence-corrected chi connectivity index (χ2v) is 5.23. The van der Waals surface area contributed by atoms with Crippen molar-refractivity contribution in [2.24, 2.45) is 5.73 Å². The minimum atomic E-state index is -5.14. The molecule has 2 aliphatic rings. The van der Waals surface area contributed by atoms with Gasteiger partial charge in [-0.1, -0.05) is 0 Å². The quantitative estimate of drug-likeness (QED) is 0.302. The van der Waals surface area contributed by atoms with E-state index in [1.165, 1.54) is 18.1 Å². The number of rotatable bonds is 5. The van der Waals surface area contributed by atoms with Crippen molar-refractivity contribution >= 4 is 22.3 Å². The number of amides is 3. The molecular formula is C9H12N3NaO7S. The molecule has 0 saturated carbocycles. The van der Waals surface area contributed by atoms with Crippen molar-refractivity contribution in [1.29, 1.82) is 0 Å². The van der Waals surface area contributed by atoms with Gasteiger partial charge in [0.25, 0.3) is 0 Å². The van der Waals surface area contributed by atoms with Crippen LogP contribution in [-0.4, -0.2) is 67.2 Å². The zero-order valence-corrected chi connectivity index (χ0v) is 14.2. The van der Waals surface area contributed by atoms with E-state index in [1.54, 1.807) is 0 Å². The Morgan fingerprint density at radius 3 is 2.67 bits per heavy atom. The first-order valence-electron chi connectivity index (χ1n) is 5.50. The predicted octanol–water partition coefficient (Wildman–Crippen LogP) is -5.07. The van der Waals surface area contributed by atoms with Crippen molar-refractivity contribution in [3.8, 4) is 0 Å². The van der Waals surface area contributed by atoms with Crippen LogP contribution in [0.5, 0.6) is 0 Å². The van der Waals surface area contributed by atoms with Crippen molar-refractivity contribution < 1.29 is 61.1 Å². The molecule has 0 radical (unpaired) electrons. The van der Waals surface area contributed by atoms with Crippen LogP contribution in [-0.2, 0) is 24.2 Å². The zero-order chi connectivity index (χ0) is 15.1. The average molecular weight is 329 g/mol. The van der Waals surface area contributed by atoms with Crippen molar-refractivity contribution in [3.63, 3.8) is 0 Å². The van der Waals surface area contributed by atoms with Gasteiger partial charge in [0.1, 0.15) is 6.04 Å². The number of carbonyl (C=O) groups is 2. The number of hydrogen-bond donors (Lipinski definition) is 1. The van der Waals surface area contributed by atoms with Crippen LogP contribution in [0.3, 0.4) is 0 Å². The summed E-state index contributed by atoms with van der Waals surface area (Å²) in [6.45, 7) is 0.0738. The van der Waals surface area contributed by atoms with E-state index in [2.05, 4.69) is 4.28 Å². The largest absolute Gasteiger partial charge is 1.00 e. The van der Waals surface area contributed by atoms with Crippen LogP contribution in [0, 0.1) is 0 Å². The molecule has 0 aromatic heterocycles. The van der Waals surface area contributed by atoms with Crippen molar-refractivity contribution in [3.05, 3.63) is 11.6 Å². The number of fused-ring (bicyclic) bond motifs is 2. The first-order chi connectivity index (χ1) is 9.24. The van der Waals surface area contributed by atoms with Gasteiger partial charge in [-0.15, -0.1) is 0 Å². The Kier molecular flexibility index (Phi) is 5.77. The van der Waals surface area contributed by atoms with Gasteiger partial charge in [-0.2, -0.15) is 9.35 Å². The third-order valence-corrected chi connectivity index (χ3v) is 3.35. The molecule has 0 aromatic carbocycles. The SMILES string of the molecule is COC[C@@H]1C=C(C(N)=O)[C@H]2CN1C(=O)N2OS(=O)(=O)[O-].[Na+]. The molecule has 12 heteroatoms. The minimum absolute atomic E-state index is 0. The predicted molar refractivity (Wildman–Crippen MR) is 61.5 cm³/mol. The number of primary amides is 1. The molecule has 1 fully saturated rings. The molecule has 2 rings (SSSR count). The smallest absolute Gasteiger partial charge is 0.724 e. The molecule has 10 nitrogen and oxygen atoms in total. The monoisotopic (exact) mass is 329 g/mol. The Bertz CT molecular complexity index is 578. The molecule has 2 heterocycles. The summed E-state index contributed by atoms with van der Waals surface area (Å²) in [6.07, 6.45) is 1.40. The van der Waals surface area contributed by atoms with Crippen molar-refractivity contribution in [1.82, 2.24) is 9.96 Å². The second kappa shape index (κ2) is 6.60. The first-order valence-corrected chi connectivity index (χ1v) is 6.83. The summed E-state index contributed by atoms with van der Waals surface area (Å²) in [6, 6.07) is -2.46. The van der Waals surface area contributed by atoms with E-state index >= 15 is 0 Å². The number of nitrogens with two attached hydrogens (primary N) is 1. The van der Waals surface area contributed by atoms with Crippen LogP contribution in [0.15, 0.2) is 11.6 Å². The molecule has 3 amide bonds. The number of hydrogen-bond acceptors (Lipinski definition) is 7. The fourth-order valence-corrected chi connectivity index (χ4v) is 2.61. The molecule has 2 bridgehead atoms. The number of ether oxygens (including phenoxy) is 1. The topological polar surface area (TPSA) is 142 Å². The molecule has 2 atom stereocenters. The van der Waals surface area contributed by atoms with E-state index in [-0.39, 0.29) is 48.3 Å². The summed E-state index contributed by atoms with van der Waals surface area (Å²) in [5, 5.41) is 0.356. The fraction of sp³-hybridized carbons (Fsp3) is 0.556. The maximum atomic E-state index is 12.0. The molecular weight excluding hydrogens is 317 g/mol. The van der Waals surface area contributed by atoms with E-state index in [1.807, 2.05) is 0 Å². The Balaban J connectivity index is 0.00000220. The summed E-state index contributed by atoms with van der Waals surface area (Å²) >= 11 is 0. The van der Waals surface area contributed by atoms with Gasteiger partial charge in [0.15, 0.2) is 0 Å². The molecule has 21 heavy (non-hydrogen) atoms. The van der Waals surface area contributed by atoms with Crippen LogP contribution < -0.4 is 35.3 Å². The number of urea groups is 1. The molecule has 2 N–H and O–H groups in total. The number of nitrogens with zero attached hydrogens (tertiary/aromatic N) is 2. The summed E-state index contributed by atoms with van der Waals surface area (Å²) < 4.78 is 41.0. The Morgan fingerprint density at radius 2 is 2.19 bits per heavy atom. The maximum Gasteiger partial charge on any atom is 1.00 e. The van der Waals surface area contributed by atoms with E-state index in [0.29, 0.717) is 5.06 Å². The van der Waals surface area contributed by atoms with Crippen molar-refractivity contribution in [2.75, 3.05) is 20.3 Å². The van der Waals surface area contributed by atoms with Gasteiger partial charge in [0.2, 0.25) is 16.3 Å². The molecule has 0 unspecified atom stereocenters. The van der Waals surface area contributed by atoms with Crippen LogP contribution in [0.4, 0.5) is 4.79 Å². The number of hydroxylamine groups is 2. The van der Waals surface area contributed by atoms with Gasteiger partial charge >= 0.3 is 35.6 Å². The zero-order valence-electron chi connectivity index (χ0n) is 11.4. The van der Waals surface area contributed by atoms with Gasteiger partial charge in [-0.05, 0) is 6.08 Å². The van der Waals surface area contributed by atoms with Crippen LogP contribution >= 0.6 is 0 Å². The standard InChI is InChI=1S/C9H13N3O7S.Na/c1-18-4-5-2-6(8(10)13)7-3-11(5)9(14)12(7)19-20(15,16)17;/h2,5,7H,3-4H2,1H3,(H2,10,13)(H,15,16,17);/q;+1/p-1/t5-,7+;/m0./s1. The molecule has 0 aromatic rings. The van der Waals surface area contributed by atoms with Crippen LogP contribution in [0.1, 0.15) is 0 Å². The second-order valence-electron chi connectivity index (χ2n) is 4.27. The van der Waals surface area contributed by atoms with E-state index < -0.39 is 34.4 Å². The van der Waals surface area contributed by atoms with E-state index in [9.17, 15) is 22.6 Å². The van der Waals surface area contributed by atoms with Crippen LogP contribution in [0.2, 0.25) is 0 Å². The van der Waals surface area contributed by atoms with Crippen LogP contribution in [0.25, 0.3) is 0 Å². The first kappa shape index (κ1) is 18.4. The summed E-state index contributed by atoms with van der Waals surface area (Å²) in [4.78, 5) is 24.6. The summed E-state index contributed by atoms with van der Waals surface area (Å²) in [5.41, 5.74) is 5.19. The number of methoxy groups -OCH3 is 1. The minimum Gasteiger partial charge on any atom is -0.724 e. The van der Waals surface area contributed by atoms with Gasteiger partial charge in [0, 0.05) is 12.7 Å². The third kappa shape index (κ3) is 3.74. The van der Waals surface area contributed by atoms with Gasteiger partial charge in [0.05, 0.1) is 19.2 Å². The summed E-state index contributed by atoms with van der Waals surface area (Å²) in [5.74, 6) is -0.831. The fourth-order valence-electron chi connectivity index (χ4n) is 2.25. The molecule has 112 valence electrons. The van der Waals surface area contributed by atoms with E-state index in [0.717, 1.165) is 0 Å². The van der Waals surface area contributed by atoms with E-state index in [4.69, 9.17) is 10.5 Å². The van der Waals surface area contributed by atoms with Gasteiger partial charge < -0.3 is 19.9 Å². The van der Waals surface area contributed by atoms with Gasteiger partial charge in [-0.25, -0.2) is 13.2 Å². The normalized spacial score (nSPS) is 24.7. The number of carbonyl (C=O) groups excluding carboxylic acids is 2. The summed E-state index contributed by atoms with van der Waals surface area (Å²) in [7, 11) is -3.74. The Morgan fingerprint density at radius 1 is 1.57 bits per heavy atom. The Hall–Kier alpha value is -0.690. The molecule has 0 aliphatic carbocycles. The molecule has 0 spiro atoms. The average Bonchev–Trinajstić information content (AvgIpc) is 2.57. The van der Waals surface area contributed by atoms with Crippen molar-refractivity contribution in [2.45, 2.75) is 12.1 Å². The van der Waals surface area contributed by atoms with Gasteiger partial charge in [-0.3, -0.25) is 4.79 Å². The third-order valence-electron chi connectivity index (χ3n) is 3.01. The molecule has 1 saturated heterocycles. The molecule has 2 aliphatic heterocycles.